The van der Waals surface area contributed by atoms with Crippen molar-refractivity contribution in [2.45, 2.75) is 25.6 Å². The van der Waals surface area contributed by atoms with Gasteiger partial charge in [-0.25, -0.2) is 4.39 Å². The predicted molar refractivity (Wildman–Crippen MR) is 67.6 cm³/mol. The second-order valence-electron chi connectivity index (χ2n) is 4.02. The Balaban J connectivity index is 3.16. The highest BCUT2D eigenvalue weighted by molar-refractivity contribution is 6.21. The van der Waals surface area contributed by atoms with Gasteiger partial charge in [-0.3, -0.25) is 0 Å². The molecule has 0 amide bonds. The Morgan fingerprint density at radius 2 is 1.76 bits per heavy atom. The minimum atomic E-state index is -0.361. The summed E-state index contributed by atoms with van der Waals surface area (Å²) in [6, 6.07) is 2.92. The largest absolute Gasteiger partial charge is 0.493 e. The number of rotatable bonds is 5. The van der Waals surface area contributed by atoms with Crippen molar-refractivity contribution in [3.63, 3.8) is 0 Å². The van der Waals surface area contributed by atoms with Gasteiger partial charge in [0.25, 0.3) is 0 Å². The number of benzene rings is 1. The van der Waals surface area contributed by atoms with Gasteiger partial charge in [0, 0.05) is 11.6 Å². The summed E-state index contributed by atoms with van der Waals surface area (Å²) >= 11 is 6.25. The molecule has 0 heterocycles. The maximum atomic E-state index is 13.9. The Bertz CT molecular complexity index is 382. The van der Waals surface area contributed by atoms with E-state index in [2.05, 4.69) is 0 Å². The van der Waals surface area contributed by atoms with Crippen LogP contribution < -0.4 is 9.47 Å². The SMILES string of the molecule is CCC(C)C(Cl)c1cc(OC)c(OC)cc1F. The number of ether oxygens (including phenoxy) is 2. The summed E-state index contributed by atoms with van der Waals surface area (Å²) < 4.78 is 24.1. The van der Waals surface area contributed by atoms with Crippen LogP contribution in [0.4, 0.5) is 4.39 Å². The van der Waals surface area contributed by atoms with E-state index in [0.29, 0.717) is 17.1 Å². The lowest BCUT2D eigenvalue weighted by molar-refractivity contribution is 0.350. The van der Waals surface area contributed by atoms with Crippen LogP contribution in [0.15, 0.2) is 12.1 Å². The van der Waals surface area contributed by atoms with E-state index in [1.54, 1.807) is 6.07 Å². The van der Waals surface area contributed by atoms with Gasteiger partial charge in [0.15, 0.2) is 11.5 Å². The van der Waals surface area contributed by atoms with Crippen molar-refractivity contribution in [2.24, 2.45) is 5.92 Å². The van der Waals surface area contributed by atoms with Gasteiger partial charge in [-0.05, 0) is 12.0 Å². The molecule has 0 saturated carbocycles. The van der Waals surface area contributed by atoms with Crippen molar-refractivity contribution in [1.82, 2.24) is 0 Å². The number of hydrogen-bond donors (Lipinski definition) is 0. The highest BCUT2D eigenvalue weighted by Gasteiger charge is 2.21. The molecule has 0 N–H and O–H groups in total. The van der Waals surface area contributed by atoms with Gasteiger partial charge in [0.05, 0.1) is 19.6 Å². The zero-order chi connectivity index (χ0) is 13.0. The van der Waals surface area contributed by atoms with Crippen molar-refractivity contribution >= 4 is 11.6 Å². The molecule has 0 aliphatic heterocycles. The molecule has 0 spiro atoms. The van der Waals surface area contributed by atoms with Crippen LogP contribution in [0.2, 0.25) is 0 Å². The fraction of sp³-hybridized carbons (Fsp3) is 0.538. The number of halogens is 2. The normalized spacial score (nSPS) is 14.2. The smallest absolute Gasteiger partial charge is 0.163 e. The fourth-order valence-electron chi connectivity index (χ4n) is 1.59. The van der Waals surface area contributed by atoms with Gasteiger partial charge < -0.3 is 9.47 Å². The first-order chi connectivity index (χ1) is 8.04. The van der Waals surface area contributed by atoms with Crippen LogP contribution in [0.1, 0.15) is 31.2 Å². The van der Waals surface area contributed by atoms with E-state index in [-0.39, 0.29) is 17.1 Å². The highest BCUT2D eigenvalue weighted by Crippen LogP contribution is 2.38. The third-order valence-electron chi connectivity index (χ3n) is 2.94. The molecule has 1 aromatic carbocycles. The Hall–Kier alpha value is -0.960. The summed E-state index contributed by atoms with van der Waals surface area (Å²) in [5.74, 6) is 0.715. The quantitative estimate of drug-likeness (QED) is 0.740. The molecule has 2 nitrogen and oxygen atoms in total. The third-order valence-corrected chi connectivity index (χ3v) is 3.61. The average molecular weight is 261 g/mol. The summed E-state index contributed by atoms with van der Waals surface area (Å²) in [7, 11) is 3.00. The maximum absolute atomic E-state index is 13.9. The molecule has 96 valence electrons. The number of hydrogen-bond acceptors (Lipinski definition) is 2. The molecule has 0 bridgehead atoms. The minimum absolute atomic E-state index is 0.198. The first-order valence-electron chi connectivity index (χ1n) is 5.60. The highest BCUT2D eigenvalue weighted by atomic mass is 35.5. The van der Waals surface area contributed by atoms with E-state index in [9.17, 15) is 4.39 Å². The average Bonchev–Trinajstić information content (AvgIpc) is 2.36. The van der Waals surface area contributed by atoms with Crippen molar-refractivity contribution in [2.75, 3.05) is 14.2 Å². The van der Waals surface area contributed by atoms with Crippen LogP contribution in [0.3, 0.4) is 0 Å². The molecule has 1 aromatic rings. The lowest BCUT2D eigenvalue weighted by atomic mass is 9.97. The molecule has 1 rings (SSSR count). The molecule has 0 aliphatic carbocycles. The molecular formula is C13H18ClFO2. The first-order valence-corrected chi connectivity index (χ1v) is 6.04. The van der Waals surface area contributed by atoms with E-state index < -0.39 is 0 Å². The molecule has 17 heavy (non-hydrogen) atoms. The maximum Gasteiger partial charge on any atom is 0.163 e. The van der Waals surface area contributed by atoms with E-state index >= 15 is 0 Å². The second kappa shape index (κ2) is 6.10. The fourth-order valence-corrected chi connectivity index (χ4v) is 1.94. The van der Waals surface area contributed by atoms with Crippen molar-refractivity contribution in [3.8, 4) is 11.5 Å². The van der Waals surface area contributed by atoms with E-state index in [1.807, 2.05) is 13.8 Å². The monoisotopic (exact) mass is 260 g/mol. The predicted octanol–water partition coefficient (Wildman–Crippen LogP) is 4.17. The Morgan fingerprint density at radius 1 is 1.24 bits per heavy atom. The Morgan fingerprint density at radius 3 is 2.24 bits per heavy atom. The first kappa shape index (κ1) is 14.1. The van der Waals surface area contributed by atoms with Crippen LogP contribution in [-0.4, -0.2) is 14.2 Å². The lowest BCUT2D eigenvalue weighted by Crippen LogP contribution is -2.06. The van der Waals surface area contributed by atoms with Crippen LogP contribution in [0.25, 0.3) is 0 Å². The van der Waals surface area contributed by atoms with Gasteiger partial charge >= 0.3 is 0 Å². The molecule has 0 saturated heterocycles. The molecule has 0 radical (unpaired) electrons. The Kier molecular flexibility index (Phi) is 5.06. The standard InChI is InChI=1S/C13H18ClFO2/c1-5-8(2)13(14)9-6-11(16-3)12(17-4)7-10(9)15/h6-8,13H,5H2,1-4H3. The lowest BCUT2D eigenvalue weighted by Gasteiger charge is -2.19. The summed E-state index contributed by atoms with van der Waals surface area (Å²) in [5, 5.41) is -0.361. The van der Waals surface area contributed by atoms with Crippen molar-refractivity contribution in [3.05, 3.63) is 23.5 Å². The van der Waals surface area contributed by atoms with Crippen LogP contribution in [0.5, 0.6) is 11.5 Å². The van der Waals surface area contributed by atoms with E-state index in [4.69, 9.17) is 21.1 Å². The molecule has 2 unspecified atom stereocenters. The van der Waals surface area contributed by atoms with Crippen LogP contribution in [-0.2, 0) is 0 Å². The van der Waals surface area contributed by atoms with E-state index in [1.165, 1.54) is 20.3 Å². The summed E-state index contributed by atoms with van der Waals surface area (Å²) in [6.45, 7) is 4.02. The summed E-state index contributed by atoms with van der Waals surface area (Å²) in [5.41, 5.74) is 0.457. The number of methoxy groups -OCH3 is 2. The second-order valence-corrected chi connectivity index (χ2v) is 4.49. The van der Waals surface area contributed by atoms with Crippen LogP contribution in [0, 0.1) is 11.7 Å². The van der Waals surface area contributed by atoms with Gasteiger partial charge in [0.2, 0.25) is 0 Å². The van der Waals surface area contributed by atoms with Gasteiger partial charge in [-0.2, -0.15) is 0 Å². The zero-order valence-corrected chi connectivity index (χ0v) is 11.3. The van der Waals surface area contributed by atoms with Crippen molar-refractivity contribution in [1.29, 1.82) is 0 Å². The van der Waals surface area contributed by atoms with Gasteiger partial charge in [0.1, 0.15) is 5.82 Å². The van der Waals surface area contributed by atoms with Crippen molar-refractivity contribution < 1.29 is 13.9 Å². The molecule has 0 aliphatic rings. The van der Waals surface area contributed by atoms with Gasteiger partial charge in [-0.15, -0.1) is 11.6 Å². The molecule has 0 aromatic heterocycles. The zero-order valence-electron chi connectivity index (χ0n) is 10.6. The Labute approximate surface area is 107 Å². The molecule has 2 atom stereocenters. The molecule has 4 heteroatoms. The topological polar surface area (TPSA) is 18.5 Å². The summed E-state index contributed by atoms with van der Waals surface area (Å²) in [4.78, 5) is 0. The summed E-state index contributed by atoms with van der Waals surface area (Å²) in [6.07, 6.45) is 0.891. The third kappa shape index (κ3) is 3.03. The molecular weight excluding hydrogens is 243 g/mol. The molecule has 0 fully saturated rings. The minimum Gasteiger partial charge on any atom is -0.493 e. The number of alkyl halides is 1. The van der Waals surface area contributed by atoms with Crippen LogP contribution >= 0.6 is 11.6 Å². The van der Waals surface area contributed by atoms with Gasteiger partial charge in [-0.1, -0.05) is 20.3 Å². The van der Waals surface area contributed by atoms with E-state index in [0.717, 1.165) is 6.42 Å².